The van der Waals surface area contributed by atoms with Crippen molar-refractivity contribution in [2.45, 2.75) is 31.7 Å². The Hall–Kier alpha value is -1.22. The second-order valence-corrected chi connectivity index (χ2v) is 5.07. The molecule has 3 heteroatoms. The smallest absolute Gasteiger partial charge is 0.124 e. The van der Waals surface area contributed by atoms with Crippen molar-refractivity contribution in [2.75, 3.05) is 14.2 Å². The van der Waals surface area contributed by atoms with Crippen LogP contribution in [-0.2, 0) is 5.54 Å². The van der Waals surface area contributed by atoms with Gasteiger partial charge in [0.05, 0.1) is 14.2 Å². The zero-order valence-electron chi connectivity index (χ0n) is 10.8. The molecule has 3 nitrogen and oxygen atoms in total. The van der Waals surface area contributed by atoms with Crippen molar-refractivity contribution in [3.05, 3.63) is 23.8 Å². The molecule has 94 valence electrons. The van der Waals surface area contributed by atoms with Crippen LogP contribution in [-0.4, -0.2) is 14.2 Å². The standard InChI is InChI=1S/C14H21NO2/c1-10-6-7-14(15,9-10)12-8-11(16-2)4-5-13(12)17-3/h4-5,8,10H,6-7,9,15H2,1-3H3. The molecular formula is C14H21NO2. The van der Waals surface area contributed by atoms with E-state index < -0.39 is 0 Å². The quantitative estimate of drug-likeness (QED) is 0.876. The van der Waals surface area contributed by atoms with E-state index in [1.807, 2.05) is 18.2 Å². The fraction of sp³-hybridized carbons (Fsp3) is 0.571. The Kier molecular flexibility index (Phi) is 3.29. The molecule has 0 aromatic heterocycles. The predicted molar refractivity (Wildman–Crippen MR) is 68.4 cm³/mol. The number of hydrogen-bond acceptors (Lipinski definition) is 3. The summed E-state index contributed by atoms with van der Waals surface area (Å²) in [7, 11) is 3.36. The third-order valence-corrected chi connectivity index (χ3v) is 3.74. The van der Waals surface area contributed by atoms with Gasteiger partial charge in [-0.25, -0.2) is 0 Å². The minimum absolute atomic E-state index is 0.265. The van der Waals surface area contributed by atoms with Crippen molar-refractivity contribution in [1.29, 1.82) is 0 Å². The molecule has 0 aliphatic heterocycles. The number of ether oxygens (including phenoxy) is 2. The highest BCUT2D eigenvalue weighted by Crippen LogP contribution is 2.44. The van der Waals surface area contributed by atoms with Gasteiger partial charge in [0.1, 0.15) is 11.5 Å². The van der Waals surface area contributed by atoms with Gasteiger partial charge in [-0.1, -0.05) is 6.92 Å². The fourth-order valence-electron chi connectivity index (χ4n) is 2.78. The van der Waals surface area contributed by atoms with E-state index in [4.69, 9.17) is 15.2 Å². The Labute approximate surface area is 103 Å². The lowest BCUT2D eigenvalue weighted by Crippen LogP contribution is -2.34. The minimum atomic E-state index is -0.265. The van der Waals surface area contributed by atoms with Crippen LogP contribution >= 0.6 is 0 Å². The van der Waals surface area contributed by atoms with E-state index in [-0.39, 0.29) is 5.54 Å². The molecule has 17 heavy (non-hydrogen) atoms. The van der Waals surface area contributed by atoms with Crippen LogP contribution in [0.5, 0.6) is 11.5 Å². The van der Waals surface area contributed by atoms with Crippen LogP contribution in [0.15, 0.2) is 18.2 Å². The molecule has 1 aliphatic carbocycles. The van der Waals surface area contributed by atoms with Crippen molar-refractivity contribution in [1.82, 2.24) is 0 Å². The molecular weight excluding hydrogens is 214 g/mol. The molecule has 1 aliphatic rings. The zero-order chi connectivity index (χ0) is 12.5. The number of rotatable bonds is 3. The largest absolute Gasteiger partial charge is 0.497 e. The van der Waals surface area contributed by atoms with Crippen LogP contribution in [0.3, 0.4) is 0 Å². The maximum atomic E-state index is 6.54. The normalized spacial score (nSPS) is 28.1. The molecule has 0 bridgehead atoms. The highest BCUT2D eigenvalue weighted by atomic mass is 16.5. The summed E-state index contributed by atoms with van der Waals surface area (Å²) in [5.74, 6) is 2.38. The summed E-state index contributed by atoms with van der Waals surface area (Å²) in [5, 5.41) is 0. The molecule has 2 N–H and O–H groups in total. The topological polar surface area (TPSA) is 44.5 Å². The first-order valence-corrected chi connectivity index (χ1v) is 6.10. The molecule has 1 saturated carbocycles. The van der Waals surface area contributed by atoms with E-state index in [1.54, 1.807) is 14.2 Å². The lowest BCUT2D eigenvalue weighted by atomic mass is 9.87. The fourth-order valence-corrected chi connectivity index (χ4v) is 2.78. The first-order chi connectivity index (χ1) is 8.09. The number of benzene rings is 1. The van der Waals surface area contributed by atoms with Crippen molar-refractivity contribution in [3.8, 4) is 11.5 Å². The van der Waals surface area contributed by atoms with E-state index in [1.165, 1.54) is 6.42 Å². The van der Waals surface area contributed by atoms with Gasteiger partial charge in [0.25, 0.3) is 0 Å². The second kappa shape index (κ2) is 4.57. The third kappa shape index (κ3) is 2.25. The monoisotopic (exact) mass is 235 g/mol. The Morgan fingerprint density at radius 1 is 1.29 bits per heavy atom. The average molecular weight is 235 g/mol. The summed E-state index contributed by atoms with van der Waals surface area (Å²) in [4.78, 5) is 0. The van der Waals surface area contributed by atoms with Crippen molar-refractivity contribution in [3.63, 3.8) is 0 Å². The summed E-state index contributed by atoms with van der Waals surface area (Å²) < 4.78 is 10.7. The van der Waals surface area contributed by atoms with Gasteiger partial charge in [-0.15, -0.1) is 0 Å². The number of nitrogens with two attached hydrogens (primary N) is 1. The molecule has 2 unspecified atom stereocenters. The van der Waals surface area contributed by atoms with Crippen LogP contribution in [0.1, 0.15) is 31.7 Å². The van der Waals surface area contributed by atoms with Gasteiger partial charge >= 0.3 is 0 Å². The Morgan fingerprint density at radius 2 is 2.06 bits per heavy atom. The van der Waals surface area contributed by atoms with Crippen LogP contribution in [0.4, 0.5) is 0 Å². The van der Waals surface area contributed by atoms with Gasteiger partial charge in [0.2, 0.25) is 0 Å². The summed E-state index contributed by atoms with van der Waals surface area (Å²) in [6, 6.07) is 5.85. The molecule has 2 atom stereocenters. The third-order valence-electron chi connectivity index (χ3n) is 3.74. The first kappa shape index (κ1) is 12.2. The van der Waals surface area contributed by atoms with Gasteiger partial charge in [-0.3, -0.25) is 0 Å². The molecule has 1 aromatic rings. The van der Waals surface area contributed by atoms with Crippen LogP contribution in [0.25, 0.3) is 0 Å². The van der Waals surface area contributed by atoms with Gasteiger partial charge < -0.3 is 15.2 Å². The van der Waals surface area contributed by atoms with E-state index in [9.17, 15) is 0 Å². The maximum absolute atomic E-state index is 6.54. The Bertz CT molecular complexity index is 405. The lowest BCUT2D eigenvalue weighted by molar-refractivity contribution is 0.367. The highest BCUT2D eigenvalue weighted by molar-refractivity contribution is 5.45. The second-order valence-electron chi connectivity index (χ2n) is 5.07. The highest BCUT2D eigenvalue weighted by Gasteiger charge is 2.37. The molecule has 2 rings (SSSR count). The molecule has 0 saturated heterocycles. The van der Waals surface area contributed by atoms with Gasteiger partial charge in [0.15, 0.2) is 0 Å². The van der Waals surface area contributed by atoms with E-state index in [0.29, 0.717) is 5.92 Å². The van der Waals surface area contributed by atoms with Gasteiger partial charge in [0, 0.05) is 11.1 Å². The zero-order valence-corrected chi connectivity index (χ0v) is 10.8. The summed E-state index contributed by atoms with van der Waals surface area (Å²) in [6.07, 6.45) is 3.20. The molecule has 0 heterocycles. The van der Waals surface area contributed by atoms with Crippen LogP contribution in [0.2, 0.25) is 0 Å². The number of methoxy groups -OCH3 is 2. The predicted octanol–water partition coefficient (Wildman–Crippen LogP) is 2.68. The SMILES string of the molecule is COc1ccc(OC)c(C2(N)CCC(C)C2)c1. The van der Waals surface area contributed by atoms with Crippen molar-refractivity contribution in [2.24, 2.45) is 11.7 Å². The van der Waals surface area contributed by atoms with Crippen molar-refractivity contribution >= 4 is 0 Å². The van der Waals surface area contributed by atoms with E-state index in [2.05, 4.69) is 6.92 Å². The molecule has 0 amide bonds. The van der Waals surface area contributed by atoms with E-state index >= 15 is 0 Å². The van der Waals surface area contributed by atoms with Gasteiger partial charge in [-0.05, 0) is 43.4 Å². The Morgan fingerprint density at radius 3 is 2.59 bits per heavy atom. The number of hydrogen-bond donors (Lipinski definition) is 1. The molecule has 1 aromatic carbocycles. The molecule has 0 radical (unpaired) electrons. The van der Waals surface area contributed by atoms with Crippen LogP contribution in [0, 0.1) is 5.92 Å². The lowest BCUT2D eigenvalue weighted by Gasteiger charge is -2.27. The summed E-state index contributed by atoms with van der Waals surface area (Å²) in [6.45, 7) is 2.25. The average Bonchev–Trinajstić information content (AvgIpc) is 2.69. The summed E-state index contributed by atoms with van der Waals surface area (Å²) >= 11 is 0. The first-order valence-electron chi connectivity index (χ1n) is 6.10. The molecule has 1 fully saturated rings. The maximum Gasteiger partial charge on any atom is 0.124 e. The summed E-state index contributed by atoms with van der Waals surface area (Å²) in [5.41, 5.74) is 7.34. The van der Waals surface area contributed by atoms with Crippen LogP contribution < -0.4 is 15.2 Å². The van der Waals surface area contributed by atoms with E-state index in [0.717, 1.165) is 29.9 Å². The van der Waals surface area contributed by atoms with Crippen molar-refractivity contribution < 1.29 is 9.47 Å². The minimum Gasteiger partial charge on any atom is -0.497 e. The molecule has 0 spiro atoms. The Balaban J connectivity index is 2.41. The van der Waals surface area contributed by atoms with Gasteiger partial charge in [-0.2, -0.15) is 0 Å².